The zero-order valence-electron chi connectivity index (χ0n) is 35.7. The molecule has 15 unspecified atom stereocenters. The molecule has 318 valence electrons. The van der Waals surface area contributed by atoms with Gasteiger partial charge in [-0.05, 0) is 106 Å². The fraction of sp³-hybridized carbons (Fsp3) is 0.625. The number of carbonyl (C=O) groups is 6. The zero-order valence-corrected chi connectivity index (χ0v) is 35.7. The Kier molecular flexibility index (Phi) is 7.98. The van der Waals surface area contributed by atoms with E-state index in [2.05, 4.69) is 0 Å². The van der Waals surface area contributed by atoms with Crippen LogP contribution in [-0.4, -0.2) is 90.2 Å². The molecule has 60 heavy (non-hydrogen) atoms. The van der Waals surface area contributed by atoms with Gasteiger partial charge in [-0.25, -0.2) is 4.79 Å². The van der Waals surface area contributed by atoms with Crippen molar-refractivity contribution in [3.63, 3.8) is 0 Å². The lowest BCUT2D eigenvalue weighted by atomic mass is 9.47. The Morgan fingerprint density at radius 1 is 0.767 bits per heavy atom. The maximum absolute atomic E-state index is 15.1. The van der Waals surface area contributed by atoms with Crippen LogP contribution in [-0.2, 0) is 43.0 Å². The fourth-order valence-corrected chi connectivity index (χ4v) is 14.8. The van der Waals surface area contributed by atoms with E-state index in [1.54, 1.807) is 19.1 Å². The summed E-state index contributed by atoms with van der Waals surface area (Å²) in [6, 6.07) is 0. The molecule has 0 aliphatic heterocycles. The SMILES string of the molecule is COC(=O)C(C)=C1C(=O)C(O)C2(C)C3=C(CCC(C(=O)OC)(C4=CC5=C(CC(C)(C(=O)OC)C6=CC7=C(C)C8CC8C7(C)C(O)C6=O)C6CC6C5(C)C(O)C4=O)C13)C1CC12. The highest BCUT2D eigenvalue weighted by molar-refractivity contribution is 6.13. The summed E-state index contributed by atoms with van der Waals surface area (Å²) < 4.78 is 16.1. The maximum Gasteiger partial charge on any atom is 0.333 e. The van der Waals surface area contributed by atoms with Gasteiger partial charge in [0, 0.05) is 44.5 Å². The van der Waals surface area contributed by atoms with Gasteiger partial charge >= 0.3 is 17.9 Å². The van der Waals surface area contributed by atoms with Crippen molar-refractivity contribution >= 4 is 35.3 Å². The van der Waals surface area contributed by atoms with Gasteiger partial charge in [0.05, 0.1) is 26.7 Å². The number of aliphatic hydroxyl groups excluding tert-OH is 3. The van der Waals surface area contributed by atoms with Crippen LogP contribution in [0, 0.1) is 68.5 Å². The van der Waals surface area contributed by atoms with Crippen LogP contribution in [0.2, 0.25) is 0 Å². The van der Waals surface area contributed by atoms with Crippen molar-refractivity contribution in [2.75, 3.05) is 21.3 Å². The first-order chi connectivity index (χ1) is 28.2. The van der Waals surface area contributed by atoms with E-state index < -0.39 is 86.6 Å². The van der Waals surface area contributed by atoms with Gasteiger partial charge < -0.3 is 29.5 Å². The minimum absolute atomic E-state index is 0.0146. The van der Waals surface area contributed by atoms with E-state index in [1.165, 1.54) is 28.3 Å². The summed E-state index contributed by atoms with van der Waals surface area (Å²) in [6.45, 7) is 10.7. The Labute approximate surface area is 348 Å². The minimum Gasteiger partial charge on any atom is -0.468 e. The summed E-state index contributed by atoms with van der Waals surface area (Å²) >= 11 is 0. The van der Waals surface area contributed by atoms with Crippen LogP contribution < -0.4 is 0 Å². The van der Waals surface area contributed by atoms with Crippen molar-refractivity contribution in [2.45, 2.75) is 98.4 Å². The topological polar surface area (TPSA) is 191 Å². The summed E-state index contributed by atoms with van der Waals surface area (Å²) in [7, 11) is 3.65. The lowest BCUT2D eigenvalue weighted by Crippen LogP contribution is -2.59. The lowest BCUT2D eigenvalue weighted by molar-refractivity contribution is -0.157. The molecule has 0 radical (unpaired) electrons. The van der Waals surface area contributed by atoms with Crippen molar-refractivity contribution < 1.29 is 58.3 Å². The summed E-state index contributed by atoms with van der Waals surface area (Å²) in [5.41, 5.74) is -1.52. The summed E-state index contributed by atoms with van der Waals surface area (Å²) in [6.07, 6.45) is 1.69. The van der Waals surface area contributed by atoms with Crippen molar-refractivity contribution in [3.05, 3.63) is 67.9 Å². The average Bonchev–Trinajstić information content (AvgIpc) is 4.14. The monoisotopic (exact) mass is 822 g/mol. The number of ketones is 3. The first-order valence-corrected chi connectivity index (χ1v) is 21.4. The van der Waals surface area contributed by atoms with Crippen LogP contribution in [0.5, 0.6) is 0 Å². The third kappa shape index (κ3) is 4.29. The number of aliphatic hydroxyl groups is 3. The molecule has 10 aliphatic rings. The quantitative estimate of drug-likeness (QED) is 0.144. The number of methoxy groups -OCH3 is 3. The first-order valence-electron chi connectivity index (χ1n) is 21.4. The number of Topliss-reactive ketones (excluding diaryl/α,β-unsaturated/α-hetero) is 3. The number of allylic oxidation sites excluding steroid dienone is 5. The standard InChI is InChI=1S/C48H54O12/c1-18-21-12-26(21)45(4)25(18)15-30(35(49)38(45)52)44(3,42(56)59-8)17-24-23-14-27(23)46(5)29(24)16-31(36(50)39(46)53)48(43(57)60-9)11-10-20-22-13-28(22)47(6)33(20)34(48)32(37(51)40(47)54)19(2)41(55)58-7/h15-16,21-23,26-28,34,38-40,52-54H,10-14,17H2,1-9H3. The van der Waals surface area contributed by atoms with Gasteiger partial charge in [-0.15, -0.1) is 0 Å². The molecule has 12 heteroatoms. The number of carbonyl (C=O) groups excluding carboxylic acids is 6. The Morgan fingerprint density at radius 2 is 1.35 bits per heavy atom. The lowest BCUT2D eigenvalue weighted by Gasteiger charge is -2.54. The molecule has 10 aliphatic carbocycles. The number of esters is 3. The molecular formula is C48H54O12. The number of hydrogen-bond acceptors (Lipinski definition) is 12. The van der Waals surface area contributed by atoms with E-state index in [0.717, 1.165) is 35.1 Å². The van der Waals surface area contributed by atoms with Crippen LogP contribution in [0.4, 0.5) is 0 Å². The Balaban J connectivity index is 1.19. The molecule has 4 saturated carbocycles. The van der Waals surface area contributed by atoms with Crippen LogP contribution >= 0.6 is 0 Å². The molecule has 0 aromatic rings. The second-order valence-corrected chi connectivity index (χ2v) is 20.5. The van der Waals surface area contributed by atoms with Gasteiger partial charge in [-0.3, -0.25) is 24.0 Å². The van der Waals surface area contributed by atoms with E-state index in [4.69, 9.17) is 14.2 Å². The van der Waals surface area contributed by atoms with E-state index in [0.29, 0.717) is 24.0 Å². The van der Waals surface area contributed by atoms with Crippen molar-refractivity contribution in [3.8, 4) is 0 Å². The predicted molar refractivity (Wildman–Crippen MR) is 212 cm³/mol. The molecule has 4 fully saturated rings. The van der Waals surface area contributed by atoms with Gasteiger partial charge in [-0.1, -0.05) is 55.2 Å². The molecule has 10 rings (SSSR count). The van der Waals surface area contributed by atoms with Crippen LogP contribution in [0.3, 0.4) is 0 Å². The third-order valence-corrected chi connectivity index (χ3v) is 18.4. The van der Waals surface area contributed by atoms with Gasteiger partial charge in [0.15, 0.2) is 17.3 Å². The normalized spacial score (nSPS) is 45.6. The second kappa shape index (κ2) is 12.0. The Hall–Kier alpha value is -4.26. The van der Waals surface area contributed by atoms with E-state index in [9.17, 15) is 39.3 Å². The van der Waals surface area contributed by atoms with Gasteiger partial charge in [0.1, 0.15) is 23.7 Å². The van der Waals surface area contributed by atoms with E-state index in [-0.39, 0.29) is 70.6 Å². The summed E-state index contributed by atoms with van der Waals surface area (Å²) in [4.78, 5) is 86.4. The molecule has 0 spiro atoms. The third-order valence-electron chi connectivity index (χ3n) is 18.4. The average molecular weight is 823 g/mol. The van der Waals surface area contributed by atoms with Crippen LogP contribution in [0.25, 0.3) is 0 Å². The maximum atomic E-state index is 15.1. The molecule has 15 atom stereocenters. The smallest absolute Gasteiger partial charge is 0.333 e. The largest absolute Gasteiger partial charge is 0.468 e. The summed E-state index contributed by atoms with van der Waals surface area (Å²) in [5.74, 6) is -5.28. The molecule has 0 heterocycles. The number of rotatable bonds is 7. The Bertz CT molecular complexity index is 2410. The van der Waals surface area contributed by atoms with Crippen molar-refractivity contribution in [2.24, 2.45) is 68.5 Å². The van der Waals surface area contributed by atoms with Gasteiger partial charge in [-0.2, -0.15) is 0 Å². The first kappa shape index (κ1) is 39.9. The highest BCUT2D eigenvalue weighted by Gasteiger charge is 2.75. The zero-order chi connectivity index (χ0) is 43.3. The van der Waals surface area contributed by atoms with Crippen molar-refractivity contribution in [1.29, 1.82) is 0 Å². The molecule has 12 nitrogen and oxygen atoms in total. The predicted octanol–water partition coefficient (Wildman–Crippen LogP) is 4.18. The molecule has 0 aromatic carbocycles. The molecule has 0 bridgehead atoms. The van der Waals surface area contributed by atoms with Gasteiger partial charge in [0.25, 0.3) is 0 Å². The minimum atomic E-state index is -1.90. The number of fused-ring (bicyclic) bond motifs is 9. The molecule has 0 saturated heterocycles. The molecule has 0 amide bonds. The Morgan fingerprint density at radius 3 is 2.00 bits per heavy atom. The van der Waals surface area contributed by atoms with Crippen LogP contribution in [0.1, 0.15) is 80.1 Å². The molecule has 3 N–H and O–H groups in total. The van der Waals surface area contributed by atoms with Crippen LogP contribution in [0.15, 0.2) is 67.9 Å². The highest BCUT2D eigenvalue weighted by atomic mass is 16.5. The highest BCUT2D eigenvalue weighted by Crippen LogP contribution is 2.77. The fourth-order valence-electron chi connectivity index (χ4n) is 14.8. The summed E-state index contributed by atoms with van der Waals surface area (Å²) in [5, 5.41) is 36.0. The second-order valence-electron chi connectivity index (χ2n) is 20.5. The number of hydrogen-bond donors (Lipinski definition) is 3. The van der Waals surface area contributed by atoms with E-state index >= 15 is 4.79 Å². The molecule has 0 aromatic heterocycles. The van der Waals surface area contributed by atoms with E-state index in [1.807, 2.05) is 27.7 Å². The molecular weight excluding hydrogens is 769 g/mol. The number of ether oxygens (including phenoxy) is 3. The van der Waals surface area contributed by atoms with Gasteiger partial charge in [0.2, 0.25) is 0 Å². The van der Waals surface area contributed by atoms with Crippen molar-refractivity contribution in [1.82, 2.24) is 0 Å².